The predicted octanol–water partition coefficient (Wildman–Crippen LogP) is 3.99. The van der Waals surface area contributed by atoms with Crippen LogP contribution in [0.1, 0.15) is 59.4 Å². The van der Waals surface area contributed by atoms with Gasteiger partial charge in [-0.25, -0.2) is 0 Å². The number of piperidine rings is 1. The number of nitrogens with one attached hydrogen (secondary N) is 1. The van der Waals surface area contributed by atoms with E-state index in [1.54, 1.807) is 0 Å². The molecule has 1 aliphatic rings. The summed E-state index contributed by atoms with van der Waals surface area (Å²) in [5.74, 6) is 0. The Hall–Kier alpha value is -1.09. The van der Waals surface area contributed by atoms with E-state index < -0.39 is 0 Å². The monoisotopic (exact) mass is 289 g/mol. The van der Waals surface area contributed by atoms with Gasteiger partial charge in [-0.05, 0) is 45.1 Å². The molecule has 1 N–H and O–H groups in total. The van der Waals surface area contributed by atoms with Crippen molar-refractivity contribution >= 4 is 5.69 Å². The van der Waals surface area contributed by atoms with Crippen LogP contribution in [0.4, 0.5) is 5.69 Å². The van der Waals surface area contributed by atoms with Crippen LogP contribution in [0.15, 0.2) is 18.5 Å². The molecule has 1 aliphatic heterocycles. The van der Waals surface area contributed by atoms with E-state index in [2.05, 4.69) is 55.9 Å². The van der Waals surface area contributed by atoms with Gasteiger partial charge in [0.25, 0.3) is 0 Å². The van der Waals surface area contributed by atoms with Gasteiger partial charge >= 0.3 is 0 Å². The maximum absolute atomic E-state index is 4.32. The molecule has 2 rings (SSSR count). The lowest BCUT2D eigenvalue weighted by atomic mass is 9.78. The first kappa shape index (κ1) is 16.3. The van der Waals surface area contributed by atoms with Gasteiger partial charge in [-0.1, -0.05) is 20.3 Å². The molecule has 118 valence electrons. The van der Waals surface area contributed by atoms with Crippen molar-refractivity contribution in [3.63, 3.8) is 0 Å². The summed E-state index contributed by atoms with van der Waals surface area (Å²) in [7, 11) is 0. The second-order valence-electron chi connectivity index (χ2n) is 7.76. The summed E-state index contributed by atoms with van der Waals surface area (Å²) in [6, 6.07) is 2.17. The Balaban J connectivity index is 2.07. The van der Waals surface area contributed by atoms with Crippen LogP contribution < -0.4 is 10.2 Å². The zero-order valence-corrected chi connectivity index (χ0v) is 14.4. The molecule has 0 spiro atoms. The summed E-state index contributed by atoms with van der Waals surface area (Å²) in [6.45, 7) is 14.6. The van der Waals surface area contributed by atoms with E-state index in [0.29, 0.717) is 5.41 Å². The molecule has 0 amide bonds. The first-order valence-corrected chi connectivity index (χ1v) is 8.26. The molecular weight excluding hydrogens is 258 g/mol. The normalized spacial score (nSPS) is 18.8. The van der Waals surface area contributed by atoms with E-state index in [9.17, 15) is 0 Å². The van der Waals surface area contributed by atoms with Gasteiger partial charge in [0.1, 0.15) is 0 Å². The molecule has 0 saturated carbocycles. The van der Waals surface area contributed by atoms with E-state index in [0.717, 1.165) is 19.6 Å². The van der Waals surface area contributed by atoms with E-state index in [1.807, 2.05) is 12.4 Å². The Morgan fingerprint density at radius 1 is 1.29 bits per heavy atom. The molecule has 0 aliphatic carbocycles. The van der Waals surface area contributed by atoms with Crippen LogP contribution in [-0.4, -0.2) is 23.6 Å². The number of hydrogen-bond acceptors (Lipinski definition) is 3. The first-order valence-electron chi connectivity index (χ1n) is 8.26. The SMILES string of the molecule is CCC1(C)CCN(c2ccncc2CNC(C)(C)C)CC1. The molecule has 3 heteroatoms. The van der Waals surface area contributed by atoms with Crippen molar-refractivity contribution in [2.75, 3.05) is 18.0 Å². The van der Waals surface area contributed by atoms with Crippen LogP contribution in [-0.2, 0) is 6.54 Å². The lowest BCUT2D eigenvalue weighted by Gasteiger charge is -2.40. The van der Waals surface area contributed by atoms with E-state index in [1.165, 1.54) is 30.5 Å². The lowest BCUT2D eigenvalue weighted by Crippen LogP contribution is -2.40. The Kier molecular flexibility index (Phi) is 4.92. The minimum Gasteiger partial charge on any atom is -0.371 e. The van der Waals surface area contributed by atoms with Gasteiger partial charge in [-0.2, -0.15) is 0 Å². The summed E-state index contributed by atoms with van der Waals surface area (Å²) in [4.78, 5) is 6.86. The molecule has 21 heavy (non-hydrogen) atoms. The standard InChI is InChI=1S/C18H31N3/c1-6-18(5)8-11-21(12-9-18)16-7-10-19-13-15(16)14-20-17(2,3)4/h7,10,13,20H,6,8-9,11-12,14H2,1-5H3. The molecule has 0 aromatic carbocycles. The summed E-state index contributed by atoms with van der Waals surface area (Å²) in [5, 5.41) is 3.58. The average molecular weight is 289 g/mol. The number of pyridine rings is 1. The molecule has 1 aromatic rings. The summed E-state index contributed by atoms with van der Waals surface area (Å²) in [5.41, 5.74) is 3.34. The first-order chi connectivity index (χ1) is 9.83. The van der Waals surface area contributed by atoms with E-state index in [-0.39, 0.29) is 5.54 Å². The molecule has 1 fully saturated rings. The molecule has 0 bridgehead atoms. The molecule has 0 radical (unpaired) electrons. The van der Waals surface area contributed by atoms with Crippen molar-refractivity contribution in [3.8, 4) is 0 Å². The number of aromatic nitrogens is 1. The van der Waals surface area contributed by atoms with Crippen molar-refractivity contribution < 1.29 is 0 Å². The van der Waals surface area contributed by atoms with Crippen LogP contribution in [0.5, 0.6) is 0 Å². The summed E-state index contributed by atoms with van der Waals surface area (Å²) in [6.07, 6.45) is 7.80. The molecular formula is C18H31N3. The van der Waals surface area contributed by atoms with Gasteiger partial charge in [-0.3, -0.25) is 4.98 Å². The van der Waals surface area contributed by atoms with Crippen LogP contribution in [0.3, 0.4) is 0 Å². The van der Waals surface area contributed by atoms with E-state index in [4.69, 9.17) is 0 Å². The summed E-state index contributed by atoms with van der Waals surface area (Å²) >= 11 is 0. The number of rotatable bonds is 4. The Morgan fingerprint density at radius 3 is 2.52 bits per heavy atom. The fourth-order valence-electron chi connectivity index (χ4n) is 2.87. The molecule has 2 heterocycles. The third-order valence-electron chi connectivity index (χ3n) is 4.85. The minimum absolute atomic E-state index is 0.135. The minimum atomic E-state index is 0.135. The molecule has 0 atom stereocenters. The Bertz CT molecular complexity index is 454. The van der Waals surface area contributed by atoms with Crippen LogP contribution in [0, 0.1) is 5.41 Å². The highest BCUT2D eigenvalue weighted by atomic mass is 15.1. The van der Waals surface area contributed by atoms with Crippen LogP contribution >= 0.6 is 0 Å². The summed E-state index contributed by atoms with van der Waals surface area (Å²) < 4.78 is 0. The predicted molar refractivity (Wildman–Crippen MR) is 90.7 cm³/mol. The van der Waals surface area contributed by atoms with Crippen LogP contribution in [0.2, 0.25) is 0 Å². The van der Waals surface area contributed by atoms with Crippen molar-refractivity contribution in [2.24, 2.45) is 5.41 Å². The number of anilines is 1. The third kappa shape index (κ3) is 4.44. The highest BCUT2D eigenvalue weighted by Gasteiger charge is 2.29. The van der Waals surface area contributed by atoms with Gasteiger partial charge in [-0.15, -0.1) is 0 Å². The quantitative estimate of drug-likeness (QED) is 0.908. The highest BCUT2D eigenvalue weighted by Crippen LogP contribution is 2.36. The van der Waals surface area contributed by atoms with Crippen molar-refractivity contribution in [1.29, 1.82) is 0 Å². The van der Waals surface area contributed by atoms with Crippen LogP contribution in [0.25, 0.3) is 0 Å². The van der Waals surface area contributed by atoms with E-state index >= 15 is 0 Å². The van der Waals surface area contributed by atoms with Crippen molar-refractivity contribution in [3.05, 3.63) is 24.0 Å². The highest BCUT2D eigenvalue weighted by molar-refractivity contribution is 5.52. The second kappa shape index (κ2) is 6.35. The Morgan fingerprint density at radius 2 is 1.95 bits per heavy atom. The number of nitrogens with zero attached hydrogens (tertiary/aromatic N) is 2. The van der Waals surface area contributed by atoms with Crippen molar-refractivity contribution in [2.45, 2.75) is 66.0 Å². The van der Waals surface area contributed by atoms with Gasteiger partial charge in [0.05, 0.1) is 0 Å². The molecule has 3 nitrogen and oxygen atoms in total. The topological polar surface area (TPSA) is 28.2 Å². The fourth-order valence-corrected chi connectivity index (χ4v) is 2.87. The Labute approximate surface area is 130 Å². The lowest BCUT2D eigenvalue weighted by molar-refractivity contribution is 0.238. The fraction of sp³-hybridized carbons (Fsp3) is 0.722. The molecule has 1 saturated heterocycles. The van der Waals surface area contributed by atoms with Gasteiger partial charge in [0.15, 0.2) is 0 Å². The zero-order chi connectivity index (χ0) is 15.5. The maximum atomic E-state index is 4.32. The van der Waals surface area contributed by atoms with Gasteiger partial charge < -0.3 is 10.2 Å². The van der Waals surface area contributed by atoms with Gasteiger partial charge in [0.2, 0.25) is 0 Å². The molecule has 1 aromatic heterocycles. The average Bonchev–Trinajstić information content (AvgIpc) is 2.46. The van der Waals surface area contributed by atoms with Gasteiger partial charge in [0, 0.05) is 48.8 Å². The number of hydrogen-bond donors (Lipinski definition) is 1. The molecule has 0 unspecified atom stereocenters. The maximum Gasteiger partial charge on any atom is 0.0442 e. The second-order valence-corrected chi connectivity index (χ2v) is 7.76. The largest absolute Gasteiger partial charge is 0.371 e. The van der Waals surface area contributed by atoms with Crippen molar-refractivity contribution in [1.82, 2.24) is 10.3 Å². The smallest absolute Gasteiger partial charge is 0.0442 e. The zero-order valence-electron chi connectivity index (χ0n) is 14.4. The third-order valence-corrected chi connectivity index (χ3v) is 4.85.